The molecule has 0 fully saturated rings. The van der Waals surface area contributed by atoms with Crippen LogP contribution in [0.3, 0.4) is 0 Å². The molecule has 2 aromatic rings. The SMILES string of the molecule is CCOC(=O)[C@](C#N)(/C=C/CCCc1ccccc1)CCCCOc1ccccc1. The molecule has 0 spiro atoms. The first kappa shape index (κ1) is 23.2. The van der Waals surface area contributed by atoms with Crippen molar-refractivity contribution in [2.45, 2.75) is 45.4 Å². The Kier molecular flexibility index (Phi) is 10.2. The molecule has 2 aromatic carbocycles. The molecule has 0 saturated carbocycles. The third kappa shape index (κ3) is 7.75. The van der Waals surface area contributed by atoms with Crippen molar-refractivity contribution in [3.8, 4) is 11.8 Å². The largest absolute Gasteiger partial charge is 0.494 e. The lowest BCUT2D eigenvalue weighted by molar-refractivity contribution is -0.149. The Labute approximate surface area is 180 Å². The standard InChI is InChI=1S/C26H31NO3/c1-2-29-25(28)26(22-27,19-11-5-8-16-23-14-6-3-7-15-23)20-12-13-21-30-24-17-9-4-10-18-24/h3-4,6-7,9-11,14-15,17-19H,2,5,8,12-13,16,20-21H2,1H3/b19-11+/t26-/m1/s1. The van der Waals surface area contributed by atoms with Gasteiger partial charge in [0.15, 0.2) is 5.41 Å². The predicted octanol–water partition coefficient (Wildman–Crippen LogP) is 5.89. The van der Waals surface area contributed by atoms with E-state index in [2.05, 4.69) is 18.2 Å². The van der Waals surface area contributed by atoms with Crippen LogP contribution in [0.4, 0.5) is 0 Å². The fourth-order valence-electron chi connectivity index (χ4n) is 3.22. The van der Waals surface area contributed by atoms with E-state index in [4.69, 9.17) is 9.47 Å². The zero-order chi connectivity index (χ0) is 21.5. The van der Waals surface area contributed by atoms with Crippen LogP contribution in [-0.2, 0) is 16.0 Å². The lowest BCUT2D eigenvalue weighted by Crippen LogP contribution is -2.30. The molecule has 0 heterocycles. The molecule has 0 aliphatic carbocycles. The Morgan fingerprint density at radius 3 is 2.40 bits per heavy atom. The van der Waals surface area contributed by atoms with Crippen LogP contribution in [0.15, 0.2) is 72.8 Å². The Morgan fingerprint density at radius 1 is 1.03 bits per heavy atom. The molecule has 0 saturated heterocycles. The number of hydrogen-bond donors (Lipinski definition) is 0. The van der Waals surface area contributed by atoms with E-state index >= 15 is 0 Å². The normalized spacial score (nSPS) is 12.8. The summed E-state index contributed by atoms with van der Waals surface area (Å²) in [5, 5.41) is 9.81. The van der Waals surface area contributed by atoms with Gasteiger partial charge in [0.25, 0.3) is 0 Å². The van der Waals surface area contributed by atoms with Crippen LogP contribution in [0, 0.1) is 16.7 Å². The summed E-state index contributed by atoms with van der Waals surface area (Å²) in [5.74, 6) is 0.364. The van der Waals surface area contributed by atoms with Crippen molar-refractivity contribution in [2.24, 2.45) is 5.41 Å². The Balaban J connectivity index is 1.85. The number of esters is 1. The zero-order valence-corrected chi connectivity index (χ0v) is 17.8. The summed E-state index contributed by atoms with van der Waals surface area (Å²) >= 11 is 0. The van der Waals surface area contributed by atoms with Crippen molar-refractivity contribution in [1.29, 1.82) is 5.26 Å². The van der Waals surface area contributed by atoms with Crippen LogP contribution in [-0.4, -0.2) is 19.2 Å². The second kappa shape index (κ2) is 13.2. The Bertz CT molecular complexity index is 811. The van der Waals surface area contributed by atoms with Crippen LogP contribution in [0.1, 0.15) is 44.6 Å². The van der Waals surface area contributed by atoms with Gasteiger partial charge in [0.1, 0.15) is 5.75 Å². The molecule has 0 aliphatic heterocycles. The van der Waals surface area contributed by atoms with Gasteiger partial charge in [-0.05, 0) is 63.1 Å². The van der Waals surface area contributed by atoms with Gasteiger partial charge in [-0.2, -0.15) is 5.26 Å². The summed E-state index contributed by atoms with van der Waals surface area (Å²) in [5.41, 5.74) is 0.0661. The van der Waals surface area contributed by atoms with E-state index in [-0.39, 0.29) is 6.61 Å². The molecule has 0 bridgehead atoms. The van der Waals surface area contributed by atoms with Crippen molar-refractivity contribution in [1.82, 2.24) is 0 Å². The highest BCUT2D eigenvalue weighted by Crippen LogP contribution is 2.28. The van der Waals surface area contributed by atoms with Crippen LogP contribution >= 0.6 is 0 Å². The smallest absolute Gasteiger partial charge is 0.330 e. The highest BCUT2D eigenvalue weighted by atomic mass is 16.5. The van der Waals surface area contributed by atoms with Crippen molar-refractivity contribution in [3.63, 3.8) is 0 Å². The number of aryl methyl sites for hydroxylation is 1. The first-order chi connectivity index (χ1) is 14.7. The Hall–Kier alpha value is -3.06. The number of allylic oxidation sites excluding steroid dienone is 1. The number of ether oxygens (including phenoxy) is 2. The van der Waals surface area contributed by atoms with Crippen LogP contribution < -0.4 is 4.74 Å². The van der Waals surface area contributed by atoms with Crippen molar-refractivity contribution in [2.75, 3.05) is 13.2 Å². The molecule has 4 heteroatoms. The van der Waals surface area contributed by atoms with Gasteiger partial charge in [-0.25, -0.2) is 4.79 Å². The molecule has 1 atom stereocenters. The molecule has 0 unspecified atom stereocenters. The first-order valence-corrected chi connectivity index (χ1v) is 10.7. The fourth-order valence-corrected chi connectivity index (χ4v) is 3.22. The monoisotopic (exact) mass is 405 g/mol. The topological polar surface area (TPSA) is 59.3 Å². The van der Waals surface area contributed by atoms with Gasteiger partial charge in [-0.1, -0.05) is 60.7 Å². The van der Waals surface area contributed by atoms with Gasteiger partial charge in [-0.3, -0.25) is 0 Å². The molecule has 0 N–H and O–H groups in total. The van der Waals surface area contributed by atoms with E-state index in [1.54, 1.807) is 13.0 Å². The summed E-state index contributed by atoms with van der Waals surface area (Å²) < 4.78 is 10.9. The molecule has 0 amide bonds. The lowest BCUT2D eigenvalue weighted by atomic mass is 9.83. The third-order valence-corrected chi connectivity index (χ3v) is 4.90. The van der Waals surface area contributed by atoms with Crippen molar-refractivity contribution >= 4 is 5.97 Å². The molecular formula is C26H31NO3. The van der Waals surface area contributed by atoms with E-state index in [1.807, 2.05) is 54.6 Å². The molecule has 30 heavy (non-hydrogen) atoms. The summed E-state index contributed by atoms with van der Waals surface area (Å²) in [6.45, 7) is 2.58. The van der Waals surface area contributed by atoms with E-state index in [0.717, 1.165) is 31.4 Å². The number of nitriles is 1. The number of rotatable bonds is 13. The van der Waals surface area contributed by atoms with Gasteiger partial charge < -0.3 is 9.47 Å². The van der Waals surface area contributed by atoms with Crippen molar-refractivity contribution < 1.29 is 14.3 Å². The summed E-state index contributed by atoms with van der Waals surface area (Å²) in [6.07, 6.45) is 8.34. The number of unbranched alkanes of at least 4 members (excludes halogenated alkanes) is 2. The maximum atomic E-state index is 12.5. The number of para-hydroxylation sites is 1. The van der Waals surface area contributed by atoms with Gasteiger partial charge >= 0.3 is 5.97 Å². The third-order valence-electron chi connectivity index (χ3n) is 4.90. The van der Waals surface area contributed by atoms with E-state index in [0.29, 0.717) is 19.4 Å². The Morgan fingerprint density at radius 2 is 1.73 bits per heavy atom. The average molecular weight is 406 g/mol. The lowest BCUT2D eigenvalue weighted by Gasteiger charge is -2.21. The highest BCUT2D eigenvalue weighted by Gasteiger charge is 2.37. The molecule has 0 aliphatic rings. The fraction of sp³-hybridized carbons (Fsp3) is 0.385. The molecule has 0 aromatic heterocycles. The second-order valence-corrected chi connectivity index (χ2v) is 7.20. The van der Waals surface area contributed by atoms with Crippen LogP contribution in [0.25, 0.3) is 0 Å². The number of benzene rings is 2. The maximum absolute atomic E-state index is 12.5. The molecular weight excluding hydrogens is 374 g/mol. The summed E-state index contributed by atoms with van der Waals surface area (Å²) in [6, 6.07) is 22.1. The molecule has 158 valence electrons. The van der Waals surface area contributed by atoms with Gasteiger partial charge in [0.05, 0.1) is 19.3 Å². The quantitative estimate of drug-likeness (QED) is 0.237. The summed E-state index contributed by atoms with van der Waals surface area (Å²) in [7, 11) is 0. The first-order valence-electron chi connectivity index (χ1n) is 10.7. The van der Waals surface area contributed by atoms with Crippen molar-refractivity contribution in [3.05, 3.63) is 78.4 Å². The maximum Gasteiger partial charge on any atom is 0.330 e. The minimum atomic E-state index is -1.23. The van der Waals surface area contributed by atoms with Gasteiger partial charge in [0.2, 0.25) is 0 Å². The minimum absolute atomic E-state index is 0.265. The number of nitrogens with zero attached hydrogens (tertiary/aromatic N) is 1. The van der Waals surface area contributed by atoms with E-state index in [9.17, 15) is 10.1 Å². The van der Waals surface area contributed by atoms with E-state index < -0.39 is 11.4 Å². The molecule has 4 nitrogen and oxygen atoms in total. The number of carbonyl (C=O) groups is 1. The zero-order valence-electron chi connectivity index (χ0n) is 17.8. The van der Waals surface area contributed by atoms with Crippen LogP contribution in [0.2, 0.25) is 0 Å². The molecule has 0 radical (unpaired) electrons. The predicted molar refractivity (Wildman–Crippen MR) is 119 cm³/mol. The van der Waals surface area contributed by atoms with E-state index in [1.165, 1.54) is 5.56 Å². The minimum Gasteiger partial charge on any atom is -0.494 e. The summed E-state index contributed by atoms with van der Waals surface area (Å²) in [4.78, 5) is 12.5. The average Bonchev–Trinajstić information content (AvgIpc) is 2.79. The molecule has 2 rings (SSSR count). The second-order valence-electron chi connectivity index (χ2n) is 7.20. The highest BCUT2D eigenvalue weighted by molar-refractivity contribution is 5.82. The number of hydrogen-bond acceptors (Lipinski definition) is 4. The number of carbonyl (C=O) groups excluding carboxylic acids is 1. The van der Waals surface area contributed by atoms with Gasteiger partial charge in [-0.15, -0.1) is 0 Å². The van der Waals surface area contributed by atoms with Gasteiger partial charge in [0, 0.05) is 0 Å². The van der Waals surface area contributed by atoms with Crippen LogP contribution in [0.5, 0.6) is 5.75 Å².